The fourth-order valence-corrected chi connectivity index (χ4v) is 2.72. The van der Waals surface area contributed by atoms with Crippen molar-refractivity contribution in [1.82, 2.24) is 4.72 Å². The Kier molecular flexibility index (Phi) is 5.51. The van der Waals surface area contributed by atoms with E-state index in [9.17, 15) is 13.2 Å². The molecule has 0 aromatic heterocycles. The lowest BCUT2D eigenvalue weighted by Crippen LogP contribution is -2.29. The molecule has 23 heavy (non-hydrogen) atoms. The number of benzene rings is 2. The van der Waals surface area contributed by atoms with Gasteiger partial charge in [0, 0.05) is 21.2 Å². The van der Waals surface area contributed by atoms with E-state index in [2.05, 4.69) is 0 Å². The van der Waals surface area contributed by atoms with Crippen molar-refractivity contribution in [3.8, 4) is 5.75 Å². The summed E-state index contributed by atoms with van der Waals surface area (Å²) in [5, 5.41) is 1.00. The summed E-state index contributed by atoms with van der Waals surface area (Å²) >= 11 is 12.1. The maximum absolute atomic E-state index is 11.7. The van der Waals surface area contributed by atoms with E-state index in [1.54, 1.807) is 30.3 Å². The zero-order valence-electron chi connectivity index (χ0n) is 12.0. The van der Waals surface area contributed by atoms with Gasteiger partial charge < -0.3 is 4.74 Å². The number of ether oxygens (including phenoxy) is 1. The molecule has 0 radical (unpaired) electrons. The van der Waals surface area contributed by atoms with E-state index in [4.69, 9.17) is 27.9 Å². The van der Waals surface area contributed by atoms with Gasteiger partial charge in [0.15, 0.2) is 0 Å². The van der Waals surface area contributed by atoms with Gasteiger partial charge in [-0.2, -0.15) is 0 Å². The van der Waals surface area contributed by atoms with Gasteiger partial charge in [-0.3, -0.25) is 4.79 Å². The summed E-state index contributed by atoms with van der Waals surface area (Å²) in [7, 11) is -3.60. The summed E-state index contributed by atoms with van der Waals surface area (Å²) in [4.78, 5) is 11.7. The fraction of sp³-hybridized carbons (Fsp3) is 0.133. The predicted octanol–water partition coefficient (Wildman–Crippen LogP) is 3.26. The minimum Gasteiger partial charge on any atom is -0.489 e. The molecule has 5 nitrogen and oxygen atoms in total. The van der Waals surface area contributed by atoms with Crippen molar-refractivity contribution >= 4 is 39.1 Å². The molecular weight excluding hydrogens is 361 g/mol. The lowest BCUT2D eigenvalue weighted by Gasteiger charge is -2.10. The first-order valence-corrected chi connectivity index (χ1v) is 9.09. The van der Waals surface area contributed by atoms with Crippen LogP contribution in [0.3, 0.4) is 0 Å². The second kappa shape index (κ2) is 7.21. The molecule has 0 unspecified atom stereocenters. The van der Waals surface area contributed by atoms with Crippen molar-refractivity contribution < 1.29 is 17.9 Å². The minimum absolute atomic E-state index is 0.174. The molecule has 2 rings (SSSR count). The van der Waals surface area contributed by atoms with Crippen LogP contribution < -0.4 is 9.46 Å². The van der Waals surface area contributed by atoms with Gasteiger partial charge in [-0.05, 0) is 36.4 Å². The summed E-state index contributed by atoms with van der Waals surface area (Å²) in [5.74, 6) is -0.204. The van der Waals surface area contributed by atoms with Crippen LogP contribution in [0.1, 0.15) is 15.9 Å². The largest absolute Gasteiger partial charge is 0.489 e. The average Bonchev–Trinajstić information content (AvgIpc) is 2.45. The van der Waals surface area contributed by atoms with E-state index >= 15 is 0 Å². The van der Waals surface area contributed by atoms with E-state index < -0.39 is 15.9 Å². The van der Waals surface area contributed by atoms with Gasteiger partial charge in [-0.15, -0.1) is 0 Å². The molecule has 0 aliphatic carbocycles. The number of nitrogens with one attached hydrogen (secondary N) is 1. The Morgan fingerprint density at radius 3 is 2.17 bits per heavy atom. The van der Waals surface area contributed by atoms with E-state index in [-0.39, 0.29) is 12.2 Å². The quantitative estimate of drug-likeness (QED) is 0.872. The highest BCUT2D eigenvalue weighted by atomic mass is 35.5. The fourth-order valence-electron chi connectivity index (χ4n) is 1.76. The van der Waals surface area contributed by atoms with Crippen molar-refractivity contribution in [2.45, 2.75) is 6.61 Å². The van der Waals surface area contributed by atoms with Crippen molar-refractivity contribution in [3.05, 3.63) is 63.6 Å². The van der Waals surface area contributed by atoms with E-state index in [0.29, 0.717) is 21.4 Å². The summed E-state index contributed by atoms with van der Waals surface area (Å²) in [5.41, 5.74) is 0.869. The molecule has 0 spiro atoms. The minimum atomic E-state index is -3.60. The van der Waals surface area contributed by atoms with Gasteiger partial charge in [0.25, 0.3) is 5.91 Å². The summed E-state index contributed by atoms with van der Waals surface area (Å²) in [6, 6.07) is 11.2. The summed E-state index contributed by atoms with van der Waals surface area (Å²) < 4.78 is 29.5. The summed E-state index contributed by atoms with van der Waals surface area (Å²) in [6.45, 7) is 0.174. The van der Waals surface area contributed by atoms with Gasteiger partial charge in [0.1, 0.15) is 12.4 Å². The Labute approximate surface area is 144 Å². The normalized spacial score (nSPS) is 11.1. The Bertz CT molecular complexity index is 800. The molecule has 0 saturated carbocycles. The van der Waals surface area contributed by atoms with Gasteiger partial charge in [0.2, 0.25) is 10.0 Å². The van der Waals surface area contributed by atoms with Crippen molar-refractivity contribution in [1.29, 1.82) is 0 Å². The van der Waals surface area contributed by atoms with Crippen molar-refractivity contribution in [2.24, 2.45) is 0 Å². The molecule has 2 aromatic carbocycles. The van der Waals surface area contributed by atoms with Crippen LogP contribution in [0.2, 0.25) is 10.0 Å². The number of hydrogen-bond donors (Lipinski definition) is 1. The second-order valence-electron chi connectivity index (χ2n) is 4.72. The van der Waals surface area contributed by atoms with Gasteiger partial charge >= 0.3 is 0 Å². The number of rotatable bonds is 5. The Balaban J connectivity index is 2.05. The average molecular weight is 374 g/mol. The number of sulfonamides is 1. The first kappa shape index (κ1) is 17.6. The smallest absolute Gasteiger partial charge is 0.264 e. The first-order valence-electron chi connectivity index (χ1n) is 6.44. The predicted molar refractivity (Wildman–Crippen MR) is 89.5 cm³/mol. The Morgan fingerprint density at radius 2 is 1.65 bits per heavy atom. The molecule has 0 saturated heterocycles. The SMILES string of the molecule is CS(=O)(=O)NC(=O)c1ccc(OCc2c(Cl)cccc2Cl)cc1. The van der Waals surface area contributed by atoms with E-state index in [1.807, 2.05) is 4.72 Å². The number of hydrogen-bond acceptors (Lipinski definition) is 4. The lowest BCUT2D eigenvalue weighted by molar-refractivity contribution is 0.0981. The molecule has 0 atom stereocenters. The number of carbonyl (C=O) groups excluding carboxylic acids is 1. The third-order valence-corrected chi connectivity index (χ3v) is 4.10. The van der Waals surface area contributed by atoms with E-state index in [0.717, 1.165) is 6.26 Å². The van der Waals surface area contributed by atoms with Crippen LogP contribution >= 0.6 is 23.2 Å². The molecule has 0 aliphatic heterocycles. The molecular formula is C15H13Cl2NO4S. The maximum Gasteiger partial charge on any atom is 0.264 e. The molecule has 0 fully saturated rings. The molecule has 0 heterocycles. The third kappa shape index (κ3) is 5.13. The standard InChI is InChI=1S/C15H13Cl2NO4S/c1-23(20,21)18-15(19)10-5-7-11(8-6-10)22-9-12-13(16)3-2-4-14(12)17/h2-8H,9H2,1H3,(H,18,19). The Hall–Kier alpha value is -1.76. The lowest BCUT2D eigenvalue weighted by atomic mass is 10.2. The second-order valence-corrected chi connectivity index (χ2v) is 7.28. The highest BCUT2D eigenvalue weighted by Crippen LogP contribution is 2.25. The van der Waals surface area contributed by atoms with Gasteiger partial charge in [-0.1, -0.05) is 29.3 Å². The zero-order valence-corrected chi connectivity index (χ0v) is 14.4. The molecule has 0 aliphatic rings. The van der Waals surface area contributed by atoms with Crippen LogP contribution in [-0.4, -0.2) is 20.6 Å². The highest BCUT2D eigenvalue weighted by molar-refractivity contribution is 7.89. The van der Waals surface area contributed by atoms with Crippen LogP contribution in [0.15, 0.2) is 42.5 Å². The van der Waals surface area contributed by atoms with Crippen molar-refractivity contribution in [2.75, 3.05) is 6.26 Å². The molecule has 2 aromatic rings. The third-order valence-electron chi connectivity index (χ3n) is 2.84. The highest BCUT2D eigenvalue weighted by Gasteiger charge is 2.11. The van der Waals surface area contributed by atoms with Crippen molar-refractivity contribution in [3.63, 3.8) is 0 Å². The monoisotopic (exact) mass is 373 g/mol. The summed E-state index contributed by atoms with van der Waals surface area (Å²) in [6.07, 6.45) is 0.912. The van der Waals surface area contributed by atoms with Crippen LogP contribution in [0.4, 0.5) is 0 Å². The van der Waals surface area contributed by atoms with Crippen LogP contribution in [-0.2, 0) is 16.6 Å². The number of amides is 1. The number of halogens is 2. The zero-order chi connectivity index (χ0) is 17.0. The topological polar surface area (TPSA) is 72.5 Å². The molecule has 0 bridgehead atoms. The van der Waals surface area contributed by atoms with Crippen LogP contribution in [0.25, 0.3) is 0 Å². The molecule has 122 valence electrons. The maximum atomic E-state index is 11.7. The van der Waals surface area contributed by atoms with Gasteiger partial charge in [-0.25, -0.2) is 13.1 Å². The van der Waals surface area contributed by atoms with E-state index in [1.165, 1.54) is 12.1 Å². The first-order chi connectivity index (χ1) is 10.8. The number of carbonyl (C=O) groups is 1. The van der Waals surface area contributed by atoms with Gasteiger partial charge in [0.05, 0.1) is 6.26 Å². The molecule has 1 amide bonds. The Morgan fingerprint density at radius 1 is 1.09 bits per heavy atom. The molecule has 1 N–H and O–H groups in total. The van der Waals surface area contributed by atoms with Crippen LogP contribution in [0, 0.1) is 0 Å². The van der Waals surface area contributed by atoms with Crippen LogP contribution in [0.5, 0.6) is 5.75 Å². The molecule has 8 heteroatoms.